The fourth-order valence-corrected chi connectivity index (χ4v) is 3.31. The minimum Gasteiger partial charge on any atom is -0.233 e. The van der Waals surface area contributed by atoms with Crippen LogP contribution in [0.3, 0.4) is 0 Å². The van der Waals surface area contributed by atoms with Crippen LogP contribution in [0.25, 0.3) is 11.4 Å². The Morgan fingerprint density at radius 3 is 2.74 bits per heavy atom. The average Bonchev–Trinajstić information content (AvgIpc) is 2.38. The summed E-state index contributed by atoms with van der Waals surface area (Å²) < 4.78 is 1.07. The first-order valence-electron chi connectivity index (χ1n) is 6.47. The molecule has 0 aliphatic heterocycles. The third-order valence-corrected chi connectivity index (χ3v) is 4.37. The Labute approximate surface area is 126 Å². The molecular formula is C15H14BrClN2. The van der Waals surface area contributed by atoms with Crippen LogP contribution in [0, 0.1) is 6.92 Å². The van der Waals surface area contributed by atoms with E-state index in [9.17, 15) is 0 Å². The minimum atomic E-state index is 0.627. The van der Waals surface area contributed by atoms with Crippen LogP contribution < -0.4 is 0 Å². The second-order valence-electron chi connectivity index (χ2n) is 4.93. The number of hydrogen-bond acceptors (Lipinski definition) is 2. The maximum Gasteiger partial charge on any atom is 0.161 e. The van der Waals surface area contributed by atoms with Crippen molar-refractivity contribution in [2.45, 2.75) is 32.6 Å². The van der Waals surface area contributed by atoms with Crippen LogP contribution in [-0.2, 0) is 12.8 Å². The zero-order chi connectivity index (χ0) is 13.4. The van der Waals surface area contributed by atoms with Crippen LogP contribution >= 0.6 is 27.5 Å². The molecule has 0 atom stereocenters. The Bertz CT molecular complexity index is 640. The molecule has 0 saturated heterocycles. The van der Waals surface area contributed by atoms with Gasteiger partial charge in [-0.1, -0.05) is 27.5 Å². The molecule has 19 heavy (non-hydrogen) atoms. The van der Waals surface area contributed by atoms with Gasteiger partial charge in [-0.25, -0.2) is 9.97 Å². The van der Waals surface area contributed by atoms with E-state index in [-0.39, 0.29) is 0 Å². The highest BCUT2D eigenvalue weighted by molar-refractivity contribution is 9.10. The van der Waals surface area contributed by atoms with E-state index in [2.05, 4.69) is 33.9 Å². The van der Waals surface area contributed by atoms with Crippen molar-refractivity contribution in [3.05, 3.63) is 44.6 Å². The van der Waals surface area contributed by atoms with Gasteiger partial charge in [-0.15, -0.1) is 0 Å². The van der Waals surface area contributed by atoms with Crippen molar-refractivity contribution in [2.75, 3.05) is 0 Å². The van der Waals surface area contributed by atoms with Gasteiger partial charge < -0.3 is 0 Å². The maximum absolute atomic E-state index is 6.32. The zero-order valence-electron chi connectivity index (χ0n) is 10.7. The molecule has 0 saturated carbocycles. The number of benzene rings is 1. The highest BCUT2D eigenvalue weighted by Crippen LogP contribution is 2.30. The number of aromatic nitrogens is 2. The van der Waals surface area contributed by atoms with Gasteiger partial charge in [0.2, 0.25) is 0 Å². The summed E-state index contributed by atoms with van der Waals surface area (Å²) in [7, 11) is 0. The predicted molar refractivity (Wildman–Crippen MR) is 81.6 cm³/mol. The van der Waals surface area contributed by atoms with Gasteiger partial charge in [-0.2, -0.15) is 0 Å². The molecule has 0 unspecified atom stereocenters. The Hall–Kier alpha value is -0.930. The molecule has 4 heteroatoms. The lowest BCUT2D eigenvalue weighted by Crippen LogP contribution is -2.09. The summed E-state index contributed by atoms with van der Waals surface area (Å²) in [5, 5.41) is 0.627. The molecule has 0 radical (unpaired) electrons. The molecule has 1 aliphatic rings. The molecular weight excluding hydrogens is 324 g/mol. The number of rotatable bonds is 1. The summed E-state index contributed by atoms with van der Waals surface area (Å²) in [5.74, 6) is 0.746. The van der Waals surface area contributed by atoms with Crippen molar-refractivity contribution >= 4 is 27.5 Å². The Morgan fingerprint density at radius 2 is 1.95 bits per heavy atom. The molecule has 1 heterocycles. The molecule has 0 bridgehead atoms. The lowest BCUT2D eigenvalue weighted by molar-refractivity contribution is 0.663. The Morgan fingerprint density at radius 1 is 1.16 bits per heavy atom. The normalized spacial score (nSPS) is 14.3. The zero-order valence-corrected chi connectivity index (χ0v) is 13.1. The molecule has 0 spiro atoms. The monoisotopic (exact) mass is 336 g/mol. The summed E-state index contributed by atoms with van der Waals surface area (Å²) >= 11 is 9.80. The minimum absolute atomic E-state index is 0.627. The van der Waals surface area contributed by atoms with Crippen LogP contribution in [0.15, 0.2) is 22.7 Å². The molecule has 1 aromatic heterocycles. The van der Waals surface area contributed by atoms with Crippen molar-refractivity contribution in [1.29, 1.82) is 0 Å². The first-order chi connectivity index (χ1) is 9.15. The standard InChI is InChI=1S/C15H14BrClN2/c1-9-8-10(16)6-7-11(9)15-18-13-5-3-2-4-12(13)14(17)19-15/h6-8H,2-5H2,1H3. The van der Waals surface area contributed by atoms with Crippen molar-refractivity contribution in [2.24, 2.45) is 0 Å². The highest BCUT2D eigenvalue weighted by Gasteiger charge is 2.17. The smallest absolute Gasteiger partial charge is 0.161 e. The van der Waals surface area contributed by atoms with Crippen molar-refractivity contribution in [1.82, 2.24) is 9.97 Å². The summed E-state index contributed by atoms with van der Waals surface area (Å²) in [4.78, 5) is 9.21. The van der Waals surface area contributed by atoms with Crippen molar-refractivity contribution in [3.63, 3.8) is 0 Å². The molecule has 1 aromatic carbocycles. The first kappa shape index (κ1) is 13.1. The molecule has 2 nitrogen and oxygen atoms in total. The van der Waals surface area contributed by atoms with E-state index in [1.165, 1.54) is 12.8 Å². The summed E-state index contributed by atoms with van der Waals surface area (Å²) in [5.41, 5.74) is 4.48. The summed E-state index contributed by atoms with van der Waals surface area (Å²) in [6.45, 7) is 2.07. The van der Waals surface area contributed by atoms with Gasteiger partial charge in [0.15, 0.2) is 5.82 Å². The molecule has 1 aliphatic carbocycles. The fraction of sp³-hybridized carbons (Fsp3) is 0.333. The fourth-order valence-electron chi connectivity index (χ4n) is 2.55. The first-order valence-corrected chi connectivity index (χ1v) is 7.64. The third kappa shape index (κ3) is 2.54. The molecule has 0 amide bonds. The van der Waals surface area contributed by atoms with Gasteiger partial charge in [-0.05, 0) is 56.4 Å². The third-order valence-electron chi connectivity index (χ3n) is 3.56. The highest BCUT2D eigenvalue weighted by atomic mass is 79.9. The second-order valence-corrected chi connectivity index (χ2v) is 6.20. The molecule has 2 aromatic rings. The van der Waals surface area contributed by atoms with E-state index in [1.807, 2.05) is 12.1 Å². The molecule has 98 valence electrons. The molecule has 3 rings (SSSR count). The average molecular weight is 338 g/mol. The van der Waals surface area contributed by atoms with E-state index < -0.39 is 0 Å². The van der Waals surface area contributed by atoms with Gasteiger partial charge in [0.1, 0.15) is 5.15 Å². The largest absolute Gasteiger partial charge is 0.233 e. The van der Waals surface area contributed by atoms with Gasteiger partial charge in [-0.3, -0.25) is 0 Å². The van der Waals surface area contributed by atoms with Crippen LogP contribution in [0.5, 0.6) is 0 Å². The number of halogens is 2. The lowest BCUT2D eigenvalue weighted by Gasteiger charge is -2.17. The van der Waals surface area contributed by atoms with Crippen LogP contribution in [-0.4, -0.2) is 9.97 Å². The second kappa shape index (κ2) is 5.22. The van der Waals surface area contributed by atoms with Gasteiger partial charge >= 0.3 is 0 Å². The topological polar surface area (TPSA) is 25.8 Å². The number of aryl methyl sites for hydroxylation is 2. The Kier molecular flexibility index (Phi) is 3.59. The number of hydrogen-bond donors (Lipinski definition) is 0. The van der Waals surface area contributed by atoms with E-state index >= 15 is 0 Å². The van der Waals surface area contributed by atoms with E-state index in [4.69, 9.17) is 16.6 Å². The number of fused-ring (bicyclic) bond motifs is 1. The van der Waals surface area contributed by atoms with Crippen molar-refractivity contribution in [3.8, 4) is 11.4 Å². The lowest BCUT2D eigenvalue weighted by atomic mass is 9.97. The van der Waals surface area contributed by atoms with Crippen LogP contribution in [0.4, 0.5) is 0 Å². The summed E-state index contributed by atoms with van der Waals surface area (Å²) in [6.07, 6.45) is 4.40. The maximum atomic E-state index is 6.32. The van der Waals surface area contributed by atoms with Gasteiger partial charge in [0.05, 0.1) is 0 Å². The van der Waals surface area contributed by atoms with E-state index in [0.29, 0.717) is 5.15 Å². The van der Waals surface area contributed by atoms with Crippen LogP contribution in [0.1, 0.15) is 29.7 Å². The van der Waals surface area contributed by atoms with Crippen LogP contribution in [0.2, 0.25) is 5.15 Å². The predicted octanol–water partition coefficient (Wildman–Crippen LogP) is 4.75. The summed E-state index contributed by atoms with van der Waals surface area (Å²) in [6, 6.07) is 6.13. The molecule has 0 N–H and O–H groups in total. The van der Waals surface area contributed by atoms with Gasteiger partial charge in [0.25, 0.3) is 0 Å². The van der Waals surface area contributed by atoms with Gasteiger partial charge in [0, 0.05) is 21.3 Å². The van der Waals surface area contributed by atoms with E-state index in [0.717, 1.165) is 45.5 Å². The molecule has 0 fully saturated rings. The van der Waals surface area contributed by atoms with Crippen molar-refractivity contribution < 1.29 is 0 Å². The quantitative estimate of drug-likeness (QED) is 0.702. The number of nitrogens with zero attached hydrogens (tertiary/aromatic N) is 2. The van der Waals surface area contributed by atoms with E-state index in [1.54, 1.807) is 0 Å². The SMILES string of the molecule is Cc1cc(Br)ccc1-c1nc(Cl)c2c(n1)CCCC2. The Balaban J connectivity index is 2.13.